The number of nitrogens with one attached hydrogen (secondary N) is 2. The first-order valence-electron chi connectivity index (χ1n) is 6.39. The summed E-state index contributed by atoms with van der Waals surface area (Å²) in [6.07, 6.45) is 0.900. The largest absolute Gasteiger partial charge is 0.465 e. The molecule has 0 heterocycles. The summed E-state index contributed by atoms with van der Waals surface area (Å²) in [7, 11) is 1.20. The molecule has 5 nitrogen and oxygen atoms in total. The highest BCUT2D eigenvalue weighted by atomic mass is 19.1. The Morgan fingerprint density at radius 1 is 1.40 bits per heavy atom. The number of methoxy groups -OCH3 is 1. The van der Waals surface area contributed by atoms with Gasteiger partial charge in [-0.25, -0.2) is 9.18 Å². The molecule has 110 valence electrons. The number of carbonyl (C=O) groups excluding carboxylic acids is 2. The molecule has 1 aromatic carbocycles. The number of carbonyl (C=O) groups is 2. The number of esters is 1. The molecule has 0 aromatic heterocycles. The van der Waals surface area contributed by atoms with Gasteiger partial charge >= 0.3 is 5.97 Å². The Bertz CT molecular complexity index is 491. The molecule has 2 N–H and O–H groups in total. The number of anilines is 1. The molecule has 0 aliphatic carbocycles. The van der Waals surface area contributed by atoms with Crippen molar-refractivity contribution in [2.45, 2.75) is 26.3 Å². The smallest absolute Gasteiger partial charge is 0.340 e. The van der Waals surface area contributed by atoms with E-state index < -0.39 is 11.8 Å². The predicted molar refractivity (Wildman–Crippen MR) is 74.1 cm³/mol. The molecule has 1 aromatic rings. The minimum atomic E-state index is -0.699. The molecule has 1 rings (SSSR count). The molecule has 0 bridgehead atoms. The summed E-state index contributed by atoms with van der Waals surface area (Å²) in [5.41, 5.74) is 0.221. The van der Waals surface area contributed by atoms with E-state index in [1.54, 1.807) is 0 Å². The van der Waals surface area contributed by atoms with E-state index in [9.17, 15) is 14.0 Å². The summed E-state index contributed by atoms with van der Waals surface area (Å²) >= 11 is 0. The summed E-state index contributed by atoms with van der Waals surface area (Å²) in [4.78, 5) is 23.3. The van der Waals surface area contributed by atoms with Gasteiger partial charge in [0.2, 0.25) is 5.91 Å². The Morgan fingerprint density at radius 3 is 2.70 bits per heavy atom. The van der Waals surface area contributed by atoms with Crippen molar-refractivity contribution >= 4 is 17.6 Å². The lowest BCUT2D eigenvalue weighted by atomic mass is 10.1. The van der Waals surface area contributed by atoms with Crippen molar-refractivity contribution < 1.29 is 18.7 Å². The lowest BCUT2D eigenvalue weighted by molar-refractivity contribution is -0.115. The van der Waals surface area contributed by atoms with Crippen LogP contribution in [0.3, 0.4) is 0 Å². The lowest BCUT2D eigenvalue weighted by Crippen LogP contribution is -2.34. The number of rotatable bonds is 6. The Labute approximate surface area is 117 Å². The minimum Gasteiger partial charge on any atom is -0.465 e. The van der Waals surface area contributed by atoms with E-state index in [4.69, 9.17) is 0 Å². The van der Waals surface area contributed by atoms with Crippen molar-refractivity contribution in [2.24, 2.45) is 0 Å². The zero-order valence-electron chi connectivity index (χ0n) is 11.8. The normalized spacial score (nSPS) is 11.8. The van der Waals surface area contributed by atoms with Crippen molar-refractivity contribution in [3.05, 3.63) is 29.6 Å². The third-order valence-corrected chi connectivity index (χ3v) is 2.88. The average Bonchev–Trinajstić information content (AvgIpc) is 2.45. The molecule has 1 atom stereocenters. The Morgan fingerprint density at radius 2 is 2.10 bits per heavy atom. The first kappa shape index (κ1) is 16.1. The number of ether oxygens (including phenoxy) is 1. The van der Waals surface area contributed by atoms with Crippen LogP contribution in [-0.2, 0) is 9.53 Å². The van der Waals surface area contributed by atoms with E-state index in [0.717, 1.165) is 12.5 Å². The molecule has 0 spiro atoms. The van der Waals surface area contributed by atoms with Crippen molar-refractivity contribution in [3.8, 4) is 0 Å². The van der Waals surface area contributed by atoms with Crippen LogP contribution < -0.4 is 10.6 Å². The van der Waals surface area contributed by atoms with Crippen LogP contribution in [0.15, 0.2) is 18.2 Å². The van der Waals surface area contributed by atoms with Gasteiger partial charge in [0.15, 0.2) is 0 Å². The summed E-state index contributed by atoms with van der Waals surface area (Å²) in [6, 6.07) is 3.75. The molecular weight excluding hydrogens is 263 g/mol. The van der Waals surface area contributed by atoms with Crippen LogP contribution in [0.5, 0.6) is 0 Å². The Balaban J connectivity index is 2.76. The minimum absolute atomic E-state index is 0.00982. The monoisotopic (exact) mass is 282 g/mol. The molecule has 0 saturated carbocycles. The number of hydrogen-bond donors (Lipinski definition) is 2. The van der Waals surface area contributed by atoms with Gasteiger partial charge in [-0.3, -0.25) is 4.79 Å². The maximum Gasteiger partial charge on any atom is 0.340 e. The first-order chi connectivity index (χ1) is 9.47. The van der Waals surface area contributed by atoms with Gasteiger partial charge < -0.3 is 15.4 Å². The zero-order valence-corrected chi connectivity index (χ0v) is 11.8. The maximum absolute atomic E-state index is 13.1. The van der Waals surface area contributed by atoms with E-state index in [1.165, 1.54) is 19.2 Å². The standard InChI is InChI=1S/C14H19FN2O3/c1-4-9(2)16-8-13(18)17-12-6-5-10(15)7-11(12)14(19)20-3/h5-7,9,16H,4,8H2,1-3H3,(H,17,18). The fraction of sp³-hybridized carbons (Fsp3) is 0.429. The third-order valence-electron chi connectivity index (χ3n) is 2.88. The quantitative estimate of drug-likeness (QED) is 0.782. The van der Waals surface area contributed by atoms with Gasteiger partial charge in [-0.15, -0.1) is 0 Å². The molecule has 0 radical (unpaired) electrons. The van der Waals surface area contributed by atoms with Gasteiger partial charge in [0, 0.05) is 6.04 Å². The second kappa shape index (κ2) is 7.59. The van der Waals surface area contributed by atoms with E-state index in [2.05, 4.69) is 15.4 Å². The van der Waals surface area contributed by atoms with Gasteiger partial charge in [-0.1, -0.05) is 6.92 Å². The summed E-state index contributed by atoms with van der Waals surface area (Å²) < 4.78 is 17.7. The van der Waals surface area contributed by atoms with Gasteiger partial charge in [-0.2, -0.15) is 0 Å². The molecule has 1 amide bonds. The number of halogens is 1. The van der Waals surface area contributed by atoms with Gasteiger partial charge in [0.1, 0.15) is 5.82 Å². The Hall–Kier alpha value is -1.95. The molecule has 20 heavy (non-hydrogen) atoms. The van der Waals surface area contributed by atoms with Crippen LogP contribution in [0.4, 0.5) is 10.1 Å². The van der Waals surface area contributed by atoms with Crippen LogP contribution >= 0.6 is 0 Å². The second-order valence-electron chi connectivity index (χ2n) is 4.42. The third kappa shape index (κ3) is 4.62. The van der Waals surface area contributed by atoms with Crippen LogP contribution in [0.1, 0.15) is 30.6 Å². The van der Waals surface area contributed by atoms with E-state index in [0.29, 0.717) is 0 Å². The zero-order chi connectivity index (χ0) is 15.1. The molecule has 0 saturated heterocycles. The topological polar surface area (TPSA) is 67.4 Å². The van der Waals surface area contributed by atoms with E-state index >= 15 is 0 Å². The molecule has 6 heteroatoms. The summed E-state index contributed by atoms with van der Waals surface area (Å²) in [5.74, 6) is -1.57. The second-order valence-corrected chi connectivity index (χ2v) is 4.42. The van der Waals surface area contributed by atoms with Crippen molar-refractivity contribution in [1.82, 2.24) is 5.32 Å². The van der Waals surface area contributed by atoms with E-state index in [-0.39, 0.29) is 29.7 Å². The van der Waals surface area contributed by atoms with Gasteiger partial charge in [0.25, 0.3) is 0 Å². The average molecular weight is 282 g/mol. The lowest BCUT2D eigenvalue weighted by Gasteiger charge is -2.13. The van der Waals surface area contributed by atoms with Crippen molar-refractivity contribution in [3.63, 3.8) is 0 Å². The van der Waals surface area contributed by atoms with Crippen LogP contribution in [-0.4, -0.2) is 31.6 Å². The number of benzene rings is 1. The molecule has 1 unspecified atom stereocenters. The molecule has 0 fully saturated rings. The SMILES string of the molecule is CCC(C)NCC(=O)Nc1ccc(F)cc1C(=O)OC. The summed E-state index contributed by atoms with van der Waals surface area (Å²) in [5, 5.41) is 5.59. The van der Waals surface area contributed by atoms with Crippen LogP contribution in [0.25, 0.3) is 0 Å². The van der Waals surface area contributed by atoms with Gasteiger partial charge in [0.05, 0.1) is 24.9 Å². The maximum atomic E-state index is 13.1. The summed E-state index contributed by atoms with van der Waals surface area (Å²) in [6.45, 7) is 4.09. The highest BCUT2D eigenvalue weighted by molar-refractivity contribution is 6.01. The van der Waals surface area contributed by atoms with Crippen molar-refractivity contribution in [1.29, 1.82) is 0 Å². The highest BCUT2D eigenvalue weighted by Gasteiger charge is 2.15. The molecule has 0 aliphatic heterocycles. The molecule has 0 aliphatic rings. The first-order valence-corrected chi connectivity index (χ1v) is 6.39. The van der Waals surface area contributed by atoms with Crippen LogP contribution in [0.2, 0.25) is 0 Å². The van der Waals surface area contributed by atoms with Crippen LogP contribution in [0, 0.1) is 5.82 Å². The fourth-order valence-electron chi connectivity index (χ4n) is 1.51. The van der Waals surface area contributed by atoms with E-state index in [1.807, 2.05) is 13.8 Å². The Kier molecular flexibility index (Phi) is 6.11. The predicted octanol–water partition coefficient (Wildman–Crippen LogP) is 1.94. The fourth-order valence-corrected chi connectivity index (χ4v) is 1.51. The number of amides is 1. The van der Waals surface area contributed by atoms with Gasteiger partial charge in [-0.05, 0) is 31.5 Å². The highest BCUT2D eigenvalue weighted by Crippen LogP contribution is 2.18. The molecular formula is C14H19FN2O3. The number of hydrogen-bond acceptors (Lipinski definition) is 4. The van der Waals surface area contributed by atoms with Crippen molar-refractivity contribution in [2.75, 3.05) is 19.0 Å².